The topological polar surface area (TPSA) is 81.4 Å². The monoisotopic (exact) mass is 352 g/mol. The molecule has 0 aromatic heterocycles. The minimum atomic E-state index is -0.556. The molecule has 0 spiro atoms. The Morgan fingerprint density at radius 2 is 1.65 bits per heavy atom. The highest BCUT2D eigenvalue weighted by molar-refractivity contribution is 6.06. The van der Waals surface area contributed by atoms with Crippen LogP contribution in [0.2, 0.25) is 0 Å². The molecule has 2 aromatic rings. The van der Waals surface area contributed by atoms with Crippen molar-refractivity contribution in [3.63, 3.8) is 0 Å². The van der Waals surface area contributed by atoms with Crippen LogP contribution in [0.4, 0.5) is 5.69 Å². The predicted octanol–water partition coefficient (Wildman–Crippen LogP) is 4.09. The van der Waals surface area contributed by atoms with Gasteiger partial charge in [0.2, 0.25) is 5.91 Å². The number of amides is 2. The molecule has 2 amide bonds. The van der Waals surface area contributed by atoms with Crippen LogP contribution >= 0.6 is 0 Å². The van der Waals surface area contributed by atoms with Gasteiger partial charge in [0.15, 0.2) is 0 Å². The number of hydrogen-bond acceptors (Lipinski definition) is 3. The van der Waals surface area contributed by atoms with Gasteiger partial charge in [-0.15, -0.1) is 0 Å². The van der Waals surface area contributed by atoms with Gasteiger partial charge in [-0.25, -0.2) is 0 Å². The van der Waals surface area contributed by atoms with E-state index in [2.05, 4.69) is 5.32 Å². The Bertz CT molecular complexity index is 793. The molecule has 1 saturated carbocycles. The SMILES string of the molecule is COc1ccc(C(N)=O)cc1NC(=O)c1ccc(C2CCCCC2)cc1. The van der Waals surface area contributed by atoms with Crippen LogP contribution in [0.25, 0.3) is 0 Å². The van der Waals surface area contributed by atoms with Gasteiger partial charge in [-0.1, -0.05) is 31.4 Å². The Morgan fingerprint density at radius 3 is 2.27 bits per heavy atom. The number of carbonyl (C=O) groups is 2. The van der Waals surface area contributed by atoms with Crippen LogP contribution in [0.3, 0.4) is 0 Å². The van der Waals surface area contributed by atoms with Crippen molar-refractivity contribution in [2.75, 3.05) is 12.4 Å². The van der Waals surface area contributed by atoms with Gasteiger partial charge >= 0.3 is 0 Å². The summed E-state index contributed by atoms with van der Waals surface area (Å²) in [5.74, 6) is 0.274. The lowest BCUT2D eigenvalue weighted by Gasteiger charge is -2.22. The Morgan fingerprint density at radius 1 is 1.00 bits per heavy atom. The number of methoxy groups -OCH3 is 1. The predicted molar refractivity (Wildman–Crippen MR) is 102 cm³/mol. The second-order valence-corrected chi connectivity index (χ2v) is 6.69. The summed E-state index contributed by atoms with van der Waals surface area (Å²) >= 11 is 0. The molecule has 0 saturated heterocycles. The van der Waals surface area contributed by atoms with Crippen LogP contribution < -0.4 is 15.8 Å². The van der Waals surface area contributed by atoms with Crippen molar-refractivity contribution in [3.05, 3.63) is 59.2 Å². The van der Waals surface area contributed by atoms with Crippen LogP contribution in [0.5, 0.6) is 5.75 Å². The number of nitrogens with two attached hydrogens (primary N) is 1. The van der Waals surface area contributed by atoms with Crippen molar-refractivity contribution < 1.29 is 14.3 Å². The molecule has 1 fully saturated rings. The van der Waals surface area contributed by atoms with Crippen molar-refractivity contribution >= 4 is 17.5 Å². The molecule has 26 heavy (non-hydrogen) atoms. The Balaban J connectivity index is 1.75. The largest absolute Gasteiger partial charge is 0.495 e. The lowest BCUT2D eigenvalue weighted by molar-refractivity contribution is 0.0996. The number of benzene rings is 2. The Hall–Kier alpha value is -2.82. The fourth-order valence-electron chi connectivity index (χ4n) is 3.50. The third-order valence-corrected chi connectivity index (χ3v) is 4.98. The van der Waals surface area contributed by atoms with Crippen molar-refractivity contribution in [2.24, 2.45) is 5.73 Å². The third-order valence-electron chi connectivity index (χ3n) is 4.98. The second kappa shape index (κ2) is 8.04. The van der Waals surface area contributed by atoms with Crippen LogP contribution in [-0.4, -0.2) is 18.9 Å². The molecule has 2 aromatic carbocycles. The molecule has 0 heterocycles. The highest BCUT2D eigenvalue weighted by atomic mass is 16.5. The molecule has 0 unspecified atom stereocenters. The quantitative estimate of drug-likeness (QED) is 0.850. The minimum absolute atomic E-state index is 0.250. The fourth-order valence-corrected chi connectivity index (χ4v) is 3.50. The lowest BCUT2D eigenvalue weighted by Crippen LogP contribution is -2.15. The van der Waals surface area contributed by atoms with E-state index in [9.17, 15) is 9.59 Å². The van der Waals surface area contributed by atoms with Crippen LogP contribution in [-0.2, 0) is 0 Å². The zero-order valence-electron chi connectivity index (χ0n) is 15.0. The molecular weight excluding hydrogens is 328 g/mol. The molecular formula is C21H24N2O3. The van der Waals surface area contributed by atoms with E-state index in [0.717, 1.165) is 0 Å². The van der Waals surface area contributed by atoms with Gasteiger partial charge in [0.1, 0.15) is 5.75 Å². The minimum Gasteiger partial charge on any atom is -0.495 e. The summed E-state index contributed by atoms with van der Waals surface area (Å²) in [6.07, 6.45) is 6.33. The van der Waals surface area contributed by atoms with Gasteiger partial charge < -0.3 is 15.8 Å². The molecule has 136 valence electrons. The number of ether oxygens (including phenoxy) is 1. The molecule has 5 heteroatoms. The molecule has 0 aliphatic heterocycles. The maximum absolute atomic E-state index is 12.6. The molecule has 5 nitrogen and oxygen atoms in total. The lowest BCUT2D eigenvalue weighted by atomic mass is 9.84. The Kier molecular flexibility index (Phi) is 5.56. The highest BCUT2D eigenvalue weighted by Gasteiger charge is 2.17. The summed E-state index contributed by atoms with van der Waals surface area (Å²) in [6, 6.07) is 12.5. The zero-order chi connectivity index (χ0) is 18.5. The first-order chi connectivity index (χ1) is 12.6. The van der Waals surface area contributed by atoms with Gasteiger partial charge in [0, 0.05) is 11.1 Å². The van der Waals surface area contributed by atoms with E-state index < -0.39 is 5.91 Å². The first-order valence-corrected chi connectivity index (χ1v) is 8.97. The van der Waals surface area contributed by atoms with E-state index >= 15 is 0 Å². The fraction of sp³-hybridized carbons (Fsp3) is 0.333. The number of rotatable bonds is 5. The molecule has 0 atom stereocenters. The molecule has 1 aliphatic carbocycles. The maximum Gasteiger partial charge on any atom is 0.255 e. The van der Waals surface area contributed by atoms with E-state index in [-0.39, 0.29) is 5.91 Å². The molecule has 0 bridgehead atoms. The number of carbonyl (C=O) groups excluding carboxylic acids is 2. The maximum atomic E-state index is 12.6. The zero-order valence-corrected chi connectivity index (χ0v) is 15.0. The standard InChI is InChI=1S/C21H24N2O3/c1-26-19-12-11-17(20(22)24)13-18(19)23-21(25)16-9-7-15(8-10-16)14-5-3-2-4-6-14/h7-14H,2-6H2,1H3,(H2,22,24)(H,23,25). The van der Waals surface area contributed by atoms with Gasteiger partial charge in [-0.05, 0) is 54.7 Å². The molecule has 1 aliphatic rings. The van der Waals surface area contributed by atoms with Crippen molar-refractivity contribution in [1.82, 2.24) is 0 Å². The summed E-state index contributed by atoms with van der Waals surface area (Å²) in [5.41, 5.74) is 7.91. The molecule has 3 N–H and O–H groups in total. The first kappa shape index (κ1) is 18.0. The normalized spacial score (nSPS) is 14.7. The van der Waals surface area contributed by atoms with Crippen LogP contribution in [0.1, 0.15) is 64.3 Å². The molecule has 0 radical (unpaired) electrons. The van der Waals surface area contributed by atoms with E-state index in [1.54, 1.807) is 12.1 Å². The first-order valence-electron chi connectivity index (χ1n) is 8.97. The van der Waals surface area contributed by atoms with E-state index in [0.29, 0.717) is 28.5 Å². The van der Waals surface area contributed by atoms with E-state index in [1.165, 1.54) is 50.8 Å². The Labute approximate surface area is 153 Å². The summed E-state index contributed by atoms with van der Waals surface area (Å²) in [5, 5.41) is 2.80. The number of primary amides is 1. The second-order valence-electron chi connectivity index (χ2n) is 6.69. The van der Waals surface area contributed by atoms with Crippen molar-refractivity contribution in [1.29, 1.82) is 0 Å². The van der Waals surface area contributed by atoms with Gasteiger partial charge in [0.05, 0.1) is 12.8 Å². The number of hydrogen-bond donors (Lipinski definition) is 2. The van der Waals surface area contributed by atoms with Crippen LogP contribution in [0, 0.1) is 0 Å². The smallest absolute Gasteiger partial charge is 0.255 e. The summed E-state index contributed by atoms with van der Waals surface area (Å²) in [7, 11) is 1.51. The summed E-state index contributed by atoms with van der Waals surface area (Å²) in [4.78, 5) is 23.9. The summed E-state index contributed by atoms with van der Waals surface area (Å²) in [6.45, 7) is 0. The van der Waals surface area contributed by atoms with Gasteiger partial charge in [0.25, 0.3) is 5.91 Å². The van der Waals surface area contributed by atoms with Crippen molar-refractivity contribution in [2.45, 2.75) is 38.0 Å². The van der Waals surface area contributed by atoms with E-state index in [4.69, 9.17) is 10.5 Å². The summed E-state index contributed by atoms with van der Waals surface area (Å²) < 4.78 is 5.25. The highest BCUT2D eigenvalue weighted by Crippen LogP contribution is 2.32. The number of anilines is 1. The van der Waals surface area contributed by atoms with Crippen molar-refractivity contribution in [3.8, 4) is 5.75 Å². The average Bonchev–Trinajstić information content (AvgIpc) is 2.68. The third kappa shape index (κ3) is 4.04. The molecule has 3 rings (SSSR count). The average molecular weight is 352 g/mol. The van der Waals surface area contributed by atoms with Gasteiger partial charge in [-0.3, -0.25) is 9.59 Å². The van der Waals surface area contributed by atoms with Crippen LogP contribution in [0.15, 0.2) is 42.5 Å². The number of nitrogens with one attached hydrogen (secondary N) is 1. The van der Waals surface area contributed by atoms with E-state index in [1.807, 2.05) is 24.3 Å². The van der Waals surface area contributed by atoms with Gasteiger partial charge in [-0.2, -0.15) is 0 Å².